The molecule has 6 heteroatoms. The molecule has 4 aromatic rings. The van der Waals surface area contributed by atoms with Crippen LogP contribution in [0.5, 0.6) is 0 Å². The molecule has 32 heavy (non-hydrogen) atoms. The van der Waals surface area contributed by atoms with Crippen LogP contribution in [0.4, 0.5) is 34.1 Å². The summed E-state index contributed by atoms with van der Waals surface area (Å²) < 4.78 is 0. The lowest BCUT2D eigenvalue weighted by molar-refractivity contribution is 1.28. The van der Waals surface area contributed by atoms with Crippen molar-refractivity contribution in [1.82, 2.24) is 0 Å². The number of nitrogens with zero attached hydrogens (tertiary/aromatic N) is 2. The normalized spacial score (nSPS) is 10.5. The van der Waals surface area contributed by atoms with Crippen LogP contribution in [0, 0.1) is 24.3 Å². The molecule has 0 saturated heterocycles. The summed E-state index contributed by atoms with van der Waals surface area (Å²) in [5, 5.41) is 26.8. The van der Waals surface area contributed by atoms with Gasteiger partial charge in [-0.2, -0.15) is 0 Å². The van der Waals surface area contributed by atoms with E-state index in [2.05, 4.69) is 10.9 Å². The number of hydrazine groups is 1. The summed E-state index contributed by atoms with van der Waals surface area (Å²) in [5.41, 5.74) is 12.3. The number of hydrogen-bond donors (Lipinski definition) is 2. The van der Waals surface area contributed by atoms with Crippen molar-refractivity contribution in [3.63, 3.8) is 0 Å². The third kappa shape index (κ3) is 5.00. The van der Waals surface area contributed by atoms with Gasteiger partial charge in [0.15, 0.2) is 0 Å². The summed E-state index contributed by atoms with van der Waals surface area (Å²) in [6, 6.07) is 29.2. The summed E-state index contributed by atoms with van der Waals surface area (Å²) in [4.78, 5) is 0. The molecule has 0 aliphatic heterocycles. The second-order valence-corrected chi connectivity index (χ2v) is 7.60. The quantitative estimate of drug-likeness (QED) is 0.311. The van der Waals surface area contributed by atoms with Crippen LogP contribution in [0.25, 0.3) is 0 Å². The van der Waals surface area contributed by atoms with E-state index in [-0.39, 0.29) is 0 Å². The van der Waals surface area contributed by atoms with E-state index in [4.69, 9.17) is 0 Å². The zero-order chi connectivity index (χ0) is 22.5. The van der Waals surface area contributed by atoms with Crippen molar-refractivity contribution in [3.8, 4) is 0 Å². The maximum absolute atomic E-state index is 12.5. The van der Waals surface area contributed by atoms with Gasteiger partial charge in [0.05, 0.1) is 11.4 Å². The zero-order valence-electron chi connectivity index (χ0n) is 17.9. The van der Waals surface area contributed by atoms with E-state index in [1.807, 2.05) is 86.6 Å². The molecule has 0 unspecified atom stereocenters. The van der Waals surface area contributed by atoms with Gasteiger partial charge in [0, 0.05) is 22.7 Å². The van der Waals surface area contributed by atoms with Crippen molar-refractivity contribution in [3.05, 3.63) is 119 Å². The number of aryl methyl sites for hydroxylation is 2. The number of hydrogen-bond acceptors (Lipinski definition) is 6. The van der Waals surface area contributed by atoms with Crippen molar-refractivity contribution in [1.29, 1.82) is 0 Å². The highest BCUT2D eigenvalue weighted by atomic mass is 16.5. The van der Waals surface area contributed by atoms with Crippen molar-refractivity contribution in [2.45, 2.75) is 13.8 Å². The predicted molar refractivity (Wildman–Crippen MR) is 133 cm³/mol. The second kappa shape index (κ2) is 9.43. The van der Waals surface area contributed by atoms with Crippen LogP contribution in [0.15, 0.2) is 97.1 Å². The molecule has 2 N–H and O–H groups in total. The minimum atomic E-state index is 0.551. The van der Waals surface area contributed by atoms with Crippen molar-refractivity contribution < 1.29 is 0 Å². The van der Waals surface area contributed by atoms with Crippen LogP contribution >= 0.6 is 0 Å². The molecule has 0 spiro atoms. The van der Waals surface area contributed by atoms with Gasteiger partial charge < -0.3 is 31.4 Å². The second-order valence-electron chi connectivity index (χ2n) is 7.60. The predicted octanol–water partition coefficient (Wildman–Crippen LogP) is 7.01. The molecule has 0 atom stereocenters. The van der Waals surface area contributed by atoms with E-state index >= 15 is 0 Å². The molecule has 0 saturated carbocycles. The molecular formula is C26H24N4O2-2. The van der Waals surface area contributed by atoms with Gasteiger partial charge in [0.1, 0.15) is 0 Å². The zero-order valence-corrected chi connectivity index (χ0v) is 17.9. The highest BCUT2D eigenvalue weighted by molar-refractivity contribution is 5.68. The van der Waals surface area contributed by atoms with Crippen LogP contribution in [-0.2, 0) is 0 Å². The molecule has 4 rings (SSSR count). The van der Waals surface area contributed by atoms with E-state index in [1.54, 1.807) is 24.3 Å². The Morgan fingerprint density at radius 3 is 0.969 bits per heavy atom. The lowest BCUT2D eigenvalue weighted by Crippen LogP contribution is -2.10. The van der Waals surface area contributed by atoms with Crippen LogP contribution in [0.2, 0.25) is 0 Å². The van der Waals surface area contributed by atoms with Gasteiger partial charge in [-0.15, -0.1) is 0 Å². The standard InChI is InChI=1S/C26H24N4O2/c1-19-3-11-23(12-4-19)29(31)25-15-7-21(8-16-25)27-28-22-9-17-26(18-10-22)30(32)24-13-5-20(2)6-14-24/h3-18,27-28H,1-2H3/q-2. The minimum absolute atomic E-state index is 0.551. The Balaban J connectivity index is 1.35. The van der Waals surface area contributed by atoms with Crippen molar-refractivity contribution in [2.75, 3.05) is 21.0 Å². The Morgan fingerprint density at radius 2 is 0.688 bits per heavy atom. The minimum Gasteiger partial charge on any atom is -0.754 e. The monoisotopic (exact) mass is 424 g/mol. The van der Waals surface area contributed by atoms with Gasteiger partial charge in [0.2, 0.25) is 0 Å². The third-order valence-electron chi connectivity index (χ3n) is 5.09. The number of benzene rings is 4. The summed E-state index contributed by atoms with van der Waals surface area (Å²) in [7, 11) is 0. The Kier molecular flexibility index (Phi) is 6.26. The maximum atomic E-state index is 12.5. The molecule has 0 radical (unpaired) electrons. The molecule has 0 fully saturated rings. The fourth-order valence-electron chi connectivity index (χ4n) is 3.16. The molecular weight excluding hydrogens is 400 g/mol. The maximum Gasteiger partial charge on any atom is 0.0541 e. The topological polar surface area (TPSA) is 76.7 Å². The highest BCUT2D eigenvalue weighted by Crippen LogP contribution is 2.27. The highest BCUT2D eigenvalue weighted by Gasteiger charge is 2.02. The lowest BCUT2D eigenvalue weighted by Gasteiger charge is -2.31. The van der Waals surface area contributed by atoms with E-state index in [0.717, 1.165) is 32.6 Å². The summed E-state index contributed by atoms with van der Waals surface area (Å²) >= 11 is 0. The van der Waals surface area contributed by atoms with Crippen molar-refractivity contribution in [2.24, 2.45) is 0 Å². The smallest absolute Gasteiger partial charge is 0.0541 e. The number of nitrogens with one attached hydrogen (secondary N) is 2. The van der Waals surface area contributed by atoms with Crippen LogP contribution in [0.1, 0.15) is 11.1 Å². The fraction of sp³-hybridized carbons (Fsp3) is 0.0769. The van der Waals surface area contributed by atoms with Crippen LogP contribution < -0.4 is 21.0 Å². The first-order chi connectivity index (χ1) is 15.5. The molecule has 162 valence electrons. The summed E-state index contributed by atoms with van der Waals surface area (Å²) in [6.07, 6.45) is 0. The Bertz CT molecular complexity index is 1050. The molecule has 0 bridgehead atoms. The fourth-order valence-corrected chi connectivity index (χ4v) is 3.16. The van der Waals surface area contributed by atoms with E-state index in [0.29, 0.717) is 22.7 Å². The Morgan fingerprint density at radius 1 is 0.438 bits per heavy atom. The van der Waals surface area contributed by atoms with Gasteiger partial charge in [0.25, 0.3) is 0 Å². The van der Waals surface area contributed by atoms with Gasteiger partial charge in [-0.05, 0) is 86.6 Å². The van der Waals surface area contributed by atoms with Gasteiger partial charge in [-0.1, -0.05) is 35.4 Å². The largest absolute Gasteiger partial charge is 0.754 e. The van der Waals surface area contributed by atoms with Crippen LogP contribution in [0.3, 0.4) is 0 Å². The van der Waals surface area contributed by atoms with E-state index in [1.165, 1.54) is 0 Å². The SMILES string of the molecule is Cc1ccc(N([O-])c2ccc(NNc3ccc(N([O-])c4ccc(C)cc4)cc3)cc2)cc1. The van der Waals surface area contributed by atoms with Crippen molar-refractivity contribution >= 4 is 34.1 Å². The molecule has 0 aliphatic carbocycles. The summed E-state index contributed by atoms with van der Waals surface area (Å²) in [6.45, 7) is 3.97. The molecule has 6 nitrogen and oxygen atoms in total. The van der Waals surface area contributed by atoms with Gasteiger partial charge in [-0.3, -0.25) is 0 Å². The number of rotatable bonds is 7. The van der Waals surface area contributed by atoms with Crippen LogP contribution in [-0.4, -0.2) is 0 Å². The molecule has 0 aromatic heterocycles. The first kappa shape index (κ1) is 21.2. The Hall–Kier alpha value is -4.00. The van der Waals surface area contributed by atoms with E-state index in [9.17, 15) is 10.4 Å². The molecule has 4 aromatic carbocycles. The molecule has 0 amide bonds. The average Bonchev–Trinajstić information content (AvgIpc) is 2.83. The Labute approximate surface area is 187 Å². The van der Waals surface area contributed by atoms with Gasteiger partial charge in [-0.25, -0.2) is 0 Å². The van der Waals surface area contributed by atoms with E-state index < -0.39 is 0 Å². The summed E-state index contributed by atoms with van der Waals surface area (Å²) in [5.74, 6) is 0. The molecule has 0 aliphatic rings. The first-order valence-corrected chi connectivity index (χ1v) is 10.3. The first-order valence-electron chi connectivity index (χ1n) is 10.3. The third-order valence-corrected chi connectivity index (χ3v) is 5.09. The molecule has 0 heterocycles. The average molecular weight is 425 g/mol. The lowest BCUT2D eigenvalue weighted by atomic mass is 10.2. The number of anilines is 6. The van der Waals surface area contributed by atoms with Gasteiger partial charge >= 0.3 is 0 Å².